The van der Waals surface area contributed by atoms with Crippen molar-refractivity contribution in [2.24, 2.45) is 0 Å². The first-order valence-electron chi connectivity index (χ1n) is 29.1. The number of benzene rings is 13. The van der Waals surface area contributed by atoms with Gasteiger partial charge in [0.1, 0.15) is 11.6 Å². The SMILES string of the molecule is Cc1c(-n2c3ccc(-c4ccccc4)cc3c3cc(-c4ccccc4)ccc32)c(-n2c3ccccc3c3ccccc32)c(C#N)c(-n2c3ccccc3c3ccccc32)c1-n1c2ccc(-c3ccccc3)cc2c2cc(-c3ccccc3)ccc21. The fraction of sp³-hybridized carbons (Fsp3) is 0.0125. The molecule has 396 valence electrons. The Kier molecular flexibility index (Phi) is 10.8. The van der Waals surface area contributed by atoms with Crippen molar-refractivity contribution in [3.8, 4) is 73.3 Å². The first kappa shape index (κ1) is 48.3. The molecular weight excluding hydrogens is 1030 g/mol. The summed E-state index contributed by atoms with van der Waals surface area (Å²) in [6, 6.07) is 108. The molecular formula is C80H51N5. The first-order chi connectivity index (χ1) is 42.1. The molecule has 5 nitrogen and oxygen atoms in total. The van der Waals surface area contributed by atoms with Crippen molar-refractivity contribution < 1.29 is 0 Å². The Hall–Kier alpha value is -11.5. The zero-order valence-corrected chi connectivity index (χ0v) is 46.4. The van der Waals surface area contributed by atoms with E-state index in [0.29, 0.717) is 5.56 Å². The van der Waals surface area contributed by atoms with E-state index >= 15 is 0 Å². The van der Waals surface area contributed by atoms with Crippen LogP contribution in [0.3, 0.4) is 0 Å². The molecule has 0 amide bonds. The highest BCUT2D eigenvalue weighted by molar-refractivity contribution is 6.17. The van der Waals surface area contributed by atoms with Crippen molar-refractivity contribution in [2.45, 2.75) is 6.92 Å². The Bertz CT molecular complexity index is 4960. The third-order valence-electron chi connectivity index (χ3n) is 17.8. The second-order valence-electron chi connectivity index (χ2n) is 22.3. The first-order valence-corrected chi connectivity index (χ1v) is 29.1. The molecule has 0 fully saturated rings. The molecule has 0 unspecified atom stereocenters. The third-order valence-corrected chi connectivity index (χ3v) is 17.8. The number of rotatable bonds is 8. The van der Waals surface area contributed by atoms with Crippen molar-refractivity contribution in [1.82, 2.24) is 18.3 Å². The van der Waals surface area contributed by atoms with Crippen molar-refractivity contribution in [3.05, 3.63) is 302 Å². The highest BCUT2D eigenvalue weighted by atomic mass is 15.1. The predicted molar refractivity (Wildman–Crippen MR) is 355 cm³/mol. The number of aromatic nitrogens is 4. The maximum absolute atomic E-state index is 12.9. The van der Waals surface area contributed by atoms with E-state index in [4.69, 9.17) is 0 Å². The van der Waals surface area contributed by atoms with Gasteiger partial charge in [-0.2, -0.15) is 5.26 Å². The van der Waals surface area contributed by atoms with Crippen molar-refractivity contribution in [3.63, 3.8) is 0 Å². The fourth-order valence-corrected chi connectivity index (χ4v) is 14.0. The molecule has 17 aromatic rings. The second-order valence-corrected chi connectivity index (χ2v) is 22.3. The fourth-order valence-electron chi connectivity index (χ4n) is 14.0. The van der Waals surface area contributed by atoms with Crippen LogP contribution in [0.25, 0.3) is 154 Å². The molecule has 0 spiro atoms. The lowest BCUT2D eigenvalue weighted by molar-refractivity contribution is 1.01. The largest absolute Gasteiger partial charge is 0.307 e. The smallest absolute Gasteiger partial charge is 0.104 e. The second kappa shape index (κ2) is 19.1. The van der Waals surface area contributed by atoms with Gasteiger partial charge >= 0.3 is 0 Å². The van der Waals surface area contributed by atoms with Crippen LogP contribution in [0.5, 0.6) is 0 Å². The van der Waals surface area contributed by atoms with E-state index in [-0.39, 0.29) is 0 Å². The summed E-state index contributed by atoms with van der Waals surface area (Å²) in [5.41, 5.74) is 22.3. The normalized spacial score (nSPS) is 11.8. The van der Waals surface area contributed by atoms with Gasteiger partial charge in [-0.25, -0.2) is 0 Å². The van der Waals surface area contributed by atoms with E-state index in [0.717, 1.165) is 160 Å². The summed E-state index contributed by atoms with van der Waals surface area (Å²) in [5.74, 6) is 0. The molecule has 0 aliphatic heterocycles. The standard InChI is InChI=1S/C80H51N5/c1-51-77(82-73-42-38-56(52-22-6-2-7-23-52)46-64(73)65-47-57(39-43-74(65)82)53-24-8-3-9-25-53)79(84-69-34-18-14-30-60(69)61-31-15-19-35-70(61)84)68(50-81)80(85-71-36-20-16-32-62(71)63-33-17-21-37-72(63)85)78(51)83-75-44-40-58(54-26-10-4-11-27-54)48-66(75)67-49-59(41-45-76(67)83)55-28-12-5-13-29-55/h2-49H,1H3. The molecule has 4 heterocycles. The van der Waals surface area contributed by atoms with Gasteiger partial charge in [0.25, 0.3) is 0 Å². The van der Waals surface area contributed by atoms with Gasteiger partial charge in [0.15, 0.2) is 0 Å². The Labute approximate surface area is 490 Å². The van der Waals surface area contributed by atoms with E-state index in [1.807, 2.05) is 0 Å². The zero-order valence-electron chi connectivity index (χ0n) is 46.4. The topological polar surface area (TPSA) is 43.5 Å². The van der Waals surface area contributed by atoms with Crippen LogP contribution in [0, 0.1) is 18.3 Å². The summed E-state index contributed by atoms with van der Waals surface area (Å²) in [5, 5.41) is 21.8. The molecule has 5 heteroatoms. The van der Waals surface area contributed by atoms with Gasteiger partial charge < -0.3 is 18.3 Å². The van der Waals surface area contributed by atoms with Crippen molar-refractivity contribution >= 4 is 87.2 Å². The van der Waals surface area contributed by atoms with Gasteiger partial charge in [-0.05, 0) is 124 Å². The number of hydrogen-bond donors (Lipinski definition) is 0. The van der Waals surface area contributed by atoms with Gasteiger partial charge in [-0.15, -0.1) is 0 Å². The lowest BCUT2D eigenvalue weighted by atomic mass is 9.98. The summed E-state index contributed by atoms with van der Waals surface area (Å²) in [6.07, 6.45) is 0. The average Bonchev–Trinajstić information content (AvgIpc) is 2.45. The molecule has 0 saturated heterocycles. The highest BCUT2D eigenvalue weighted by Gasteiger charge is 2.33. The average molecular weight is 1080 g/mol. The number of para-hydroxylation sites is 4. The van der Waals surface area contributed by atoms with Crippen LogP contribution in [0.4, 0.5) is 0 Å². The van der Waals surface area contributed by atoms with Crippen LogP contribution >= 0.6 is 0 Å². The third kappa shape index (κ3) is 7.29. The Morgan fingerprint density at radius 3 is 0.706 bits per heavy atom. The van der Waals surface area contributed by atoms with Crippen LogP contribution in [0.1, 0.15) is 11.1 Å². The molecule has 0 bridgehead atoms. The van der Waals surface area contributed by atoms with Crippen LogP contribution in [0.15, 0.2) is 291 Å². The van der Waals surface area contributed by atoms with E-state index in [1.165, 1.54) is 0 Å². The lowest BCUT2D eigenvalue weighted by Gasteiger charge is -2.28. The molecule has 4 aromatic heterocycles. The summed E-state index contributed by atoms with van der Waals surface area (Å²) in [7, 11) is 0. The molecule has 0 saturated carbocycles. The summed E-state index contributed by atoms with van der Waals surface area (Å²) in [4.78, 5) is 0. The van der Waals surface area contributed by atoms with E-state index in [9.17, 15) is 5.26 Å². The lowest BCUT2D eigenvalue weighted by Crippen LogP contribution is -2.16. The van der Waals surface area contributed by atoms with Crippen LogP contribution < -0.4 is 0 Å². The number of hydrogen-bond acceptors (Lipinski definition) is 1. The minimum absolute atomic E-state index is 0.544. The summed E-state index contributed by atoms with van der Waals surface area (Å²) in [6.45, 7) is 2.31. The highest BCUT2D eigenvalue weighted by Crippen LogP contribution is 2.50. The van der Waals surface area contributed by atoms with Gasteiger partial charge in [0.05, 0.1) is 66.9 Å². The molecule has 0 N–H and O–H groups in total. The quantitative estimate of drug-likeness (QED) is 0.150. The van der Waals surface area contributed by atoms with E-state index in [2.05, 4.69) is 322 Å². The van der Waals surface area contributed by atoms with Crippen LogP contribution in [-0.4, -0.2) is 18.3 Å². The van der Waals surface area contributed by atoms with Crippen LogP contribution in [0.2, 0.25) is 0 Å². The Morgan fingerprint density at radius 2 is 0.447 bits per heavy atom. The Morgan fingerprint density at radius 1 is 0.224 bits per heavy atom. The zero-order chi connectivity index (χ0) is 56.3. The van der Waals surface area contributed by atoms with Gasteiger partial charge in [-0.3, -0.25) is 0 Å². The summed E-state index contributed by atoms with van der Waals surface area (Å²) < 4.78 is 9.76. The monoisotopic (exact) mass is 1080 g/mol. The molecule has 0 atom stereocenters. The minimum Gasteiger partial charge on any atom is -0.307 e. The molecule has 13 aromatic carbocycles. The molecule has 17 rings (SSSR count). The number of fused-ring (bicyclic) bond motifs is 12. The van der Waals surface area contributed by atoms with Gasteiger partial charge in [0.2, 0.25) is 0 Å². The van der Waals surface area contributed by atoms with E-state index < -0.39 is 0 Å². The number of nitrogens with zero attached hydrogens (tertiary/aromatic N) is 5. The minimum atomic E-state index is 0.544. The number of nitriles is 1. The predicted octanol–water partition coefficient (Wildman–Crippen LogP) is 20.9. The molecule has 85 heavy (non-hydrogen) atoms. The Balaban J connectivity index is 1.11. The molecule has 0 aliphatic carbocycles. The maximum Gasteiger partial charge on any atom is 0.104 e. The van der Waals surface area contributed by atoms with Crippen molar-refractivity contribution in [1.29, 1.82) is 5.26 Å². The summed E-state index contributed by atoms with van der Waals surface area (Å²) >= 11 is 0. The van der Waals surface area contributed by atoms with Gasteiger partial charge in [-0.1, -0.05) is 218 Å². The van der Waals surface area contributed by atoms with Crippen molar-refractivity contribution in [2.75, 3.05) is 0 Å². The maximum atomic E-state index is 12.9. The van der Waals surface area contributed by atoms with E-state index in [1.54, 1.807) is 0 Å². The van der Waals surface area contributed by atoms with Gasteiger partial charge in [0, 0.05) is 48.7 Å². The van der Waals surface area contributed by atoms with Crippen LogP contribution in [-0.2, 0) is 0 Å². The molecule has 0 aliphatic rings. The molecule has 0 radical (unpaired) electrons.